The van der Waals surface area contributed by atoms with Crippen molar-refractivity contribution in [3.8, 4) is 18.1 Å². The second-order valence-corrected chi connectivity index (χ2v) is 6.66. The summed E-state index contributed by atoms with van der Waals surface area (Å²) in [5.41, 5.74) is 3.50. The Morgan fingerprint density at radius 3 is 2.83 bits per heavy atom. The molecular weight excluding hydrogens is 282 g/mol. The minimum absolute atomic E-state index is 0.0622. The van der Waals surface area contributed by atoms with E-state index in [0.29, 0.717) is 6.04 Å². The summed E-state index contributed by atoms with van der Waals surface area (Å²) in [6.45, 7) is 0.824. The van der Waals surface area contributed by atoms with Gasteiger partial charge in [-0.1, -0.05) is 36.3 Å². The highest BCUT2D eigenvalue weighted by molar-refractivity contribution is 5.40. The maximum atomic E-state index is 6.31. The molecule has 2 aromatic carbocycles. The monoisotopic (exact) mass is 303 g/mol. The molecule has 1 heterocycles. The van der Waals surface area contributed by atoms with Gasteiger partial charge in [0.2, 0.25) is 0 Å². The first-order chi connectivity index (χ1) is 11.3. The second kappa shape index (κ2) is 5.76. The van der Waals surface area contributed by atoms with Gasteiger partial charge in [0.15, 0.2) is 0 Å². The van der Waals surface area contributed by atoms with E-state index < -0.39 is 0 Å². The Labute approximate surface area is 137 Å². The molecule has 1 saturated carbocycles. The van der Waals surface area contributed by atoms with E-state index in [1.54, 1.807) is 0 Å². The normalized spacial score (nSPS) is 20.9. The van der Waals surface area contributed by atoms with Gasteiger partial charge in [-0.15, -0.1) is 6.42 Å². The van der Waals surface area contributed by atoms with Crippen molar-refractivity contribution in [3.63, 3.8) is 0 Å². The molecule has 2 aromatic rings. The molecule has 1 aliphatic carbocycles. The predicted octanol–water partition coefficient (Wildman–Crippen LogP) is 4.20. The number of nitrogens with one attached hydrogen (secondary N) is 1. The van der Waals surface area contributed by atoms with E-state index in [1.807, 2.05) is 12.1 Å². The van der Waals surface area contributed by atoms with E-state index in [-0.39, 0.29) is 5.60 Å². The number of para-hydroxylation sites is 1. The van der Waals surface area contributed by atoms with Crippen LogP contribution in [0.2, 0.25) is 0 Å². The number of terminal acetylenes is 1. The van der Waals surface area contributed by atoms with Crippen LogP contribution >= 0.6 is 0 Å². The van der Waals surface area contributed by atoms with E-state index in [0.717, 1.165) is 24.3 Å². The van der Waals surface area contributed by atoms with Gasteiger partial charge >= 0.3 is 0 Å². The summed E-state index contributed by atoms with van der Waals surface area (Å²) in [5, 5.41) is 3.72. The second-order valence-electron chi connectivity index (χ2n) is 6.66. The van der Waals surface area contributed by atoms with Crippen molar-refractivity contribution >= 4 is 0 Å². The van der Waals surface area contributed by atoms with Gasteiger partial charge in [-0.05, 0) is 43.0 Å². The summed E-state index contributed by atoms with van der Waals surface area (Å²) in [5.74, 6) is 3.75. The van der Waals surface area contributed by atoms with Gasteiger partial charge < -0.3 is 10.1 Å². The van der Waals surface area contributed by atoms with E-state index in [4.69, 9.17) is 11.2 Å². The van der Waals surface area contributed by atoms with Crippen LogP contribution in [0.3, 0.4) is 0 Å². The van der Waals surface area contributed by atoms with Crippen molar-refractivity contribution in [1.82, 2.24) is 5.32 Å². The van der Waals surface area contributed by atoms with Crippen molar-refractivity contribution in [2.75, 3.05) is 0 Å². The summed E-state index contributed by atoms with van der Waals surface area (Å²) >= 11 is 0. The first-order valence-corrected chi connectivity index (χ1v) is 8.35. The summed E-state index contributed by atoms with van der Waals surface area (Å²) in [7, 11) is 0. The van der Waals surface area contributed by atoms with Gasteiger partial charge in [0, 0.05) is 30.1 Å². The molecule has 4 rings (SSSR count). The number of ether oxygens (including phenoxy) is 1. The Morgan fingerprint density at radius 1 is 1.17 bits per heavy atom. The molecule has 0 amide bonds. The minimum atomic E-state index is 0.0622. The lowest BCUT2D eigenvalue weighted by atomic mass is 9.73. The van der Waals surface area contributed by atoms with E-state index in [2.05, 4.69) is 47.6 Å². The summed E-state index contributed by atoms with van der Waals surface area (Å²) in [4.78, 5) is 0. The van der Waals surface area contributed by atoms with Gasteiger partial charge in [-0.25, -0.2) is 0 Å². The fourth-order valence-corrected chi connectivity index (χ4v) is 3.69. The lowest BCUT2D eigenvalue weighted by molar-refractivity contribution is -0.0371. The Hall–Kier alpha value is -2.24. The zero-order chi connectivity index (χ0) is 15.7. The molecule has 23 heavy (non-hydrogen) atoms. The molecule has 116 valence electrons. The molecule has 1 fully saturated rings. The van der Waals surface area contributed by atoms with E-state index >= 15 is 0 Å². The van der Waals surface area contributed by atoms with Crippen molar-refractivity contribution in [2.45, 2.75) is 43.9 Å². The van der Waals surface area contributed by atoms with E-state index in [9.17, 15) is 0 Å². The fourth-order valence-electron chi connectivity index (χ4n) is 3.69. The lowest BCUT2D eigenvalue weighted by Gasteiger charge is -2.48. The standard InChI is InChI=1S/C21H21NO/c1-2-16-7-5-8-17(13-16)15-22-19-14-21(11-6-12-21)23-20-10-4-3-9-18(19)20/h1,3-5,7-10,13,19,22H,6,11-12,14-15H2. The maximum absolute atomic E-state index is 6.31. The number of hydrogen-bond acceptors (Lipinski definition) is 2. The zero-order valence-electron chi connectivity index (χ0n) is 13.2. The fraction of sp³-hybridized carbons (Fsp3) is 0.333. The largest absolute Gasteiger partial charge is 0.487 e. The van der Waals surface area contributed by atoms with Crippen molar-refractivity contribution < 1.29 is 4.74 Å². The first kappa shape index (κ1) is 14.4. The average molecular weight is 303 g/mol. The maximum Gasteiger partial charge on any atom is 0.124 e. The van der Waals surface area contributed by atoms with Crippen molar-refractivity contribution in [2.24, 2.45) is 0 Å². The number of fused-ring (bicyclic) bond motifs is 1. The summed E-state index contributed by atoms with van der Waals surface area (Å²) in [6.07, 6.45) is 10.2. The SMILES string of the molecule is C#Cc1cccc(CNC2CC3(CCC3)Oc3ccccc32)c1. The van der Waals surface area contributed by atoms with Gasteiger partial charge in [0.1, 0.15) is 11.4 Å². The van der Waals surface area contributed by atoms with Crippen LogP contribution in [0.25, 0.3) is 0 Å². The molecule has 1 atom stereocenters. The molecule has 1 aliphatic heterocycles. The molecule has 2 heteroatoms. The lowest BCUT2D eigenvalue weighted by Crippen LogP contribution is -2.49. The smallest absolute Gasteiger partial charge is 0.124 e. The van der Waals surface area contributed by atoms with Crippen LogP contribution in [0.5, 0.6) is 5.75 Å². The van der Waals surface area contributed by atoms with Crippen LogP contribution in [0.4, 0.5) is 0 Å². The molecule has 0 bridgehead atoms. The van der Waals surface area contributed by atoms with Gasteiger partial charge in [-0.2, -0.15) is 0 Å². The van der Waals surface area contributed by atoms with Crippen LogP contribution in [-0.4, -0.2) is 5.60 Å². The van der Waals surface area contributed by atoms with Crippen LogP contribution in [0.15, 0.2) is 48.5 Å². The molecule has 1 N–H and O–H groups in total. The highest BCUT2D eigenvalue weighted by Gasteiger charge is 2.45. The Balaban J connectivity index is 1.54. The third-order valence-electron chi connectivity index (χ3n) is 5.11. The molecule has 2 nitrogen and oxygen atoms in total. The molecule has 1 unspecified atom stereocenters. The van der Waals surface area contributed by atoms with Crippen molar-refractivity contribution in [3.05, 3.63) is 65.2 Å². The Morgan fingerprint density at radius 2 is 2.04 bits per heavy atom. The van der Waals surface area contributed by atoms with Crippen molar-refractivity contribution in [1.29, 1.82) is 0 Å². The molecule has 1 spiro atoms. The third kappa shape index (κ3) is 2.73. The summed E-state index contributed by atoms with van der Waals surface area (Å²) in [6, 6.07) is 17.0. The quantitative estimate of drug-likeness (QED) is 0.858. The van der Waals surface area contributed by atoms with Gasteiger partial charge in [-0.3, -0.25) is 0 Å². The number of rotatable bonds is 3. The first-order valence-electron chi connectivity index (χ1n) is 8.35. The van der Waals surface area contributed by atoms with Crippen LogP contribution in [0, 0.1) is 12.3 Å². The highest BCUT2D eigenvalue weighted by atomic mass is 16.5. The van der Waals surface area contributed by atoms with Gasteiger partial charge in [0.25, 0.3) is 0 Å². The summed E-state index contributed by atoms with van der Waals surface area (Å²) < 4.78 is 6.31. The number of hydrogen-bond donors (Lipinski definition) is 1. The predicted molar refractivity (Wildman–Crippen MR) is 92.2 cm³/mol. The molecule has 2 aliphatic rings. The van der Waals surface area contributed by atoms with Gasteiger partial charge in [0.05, 0.1) is 0 Å². The highest BCUT2D eigenvalue weighted by Crippen LogP contribution is 2.48. The van der Waals surface area contributed by atoms with Crippen LogP contribution < -0.4 is 10.1 Å². The molecular formula is C21H21NO. The molecule has 0 saturated heterocycles. The molecule has 0 aromatic heterocycles. The van der Waals surface area contributed by atoms with Crippen LogP contribution in [0.1, 0.15) is 48.4 Å². The van der Waals surface area contributed by atoms with E-state index in [1.165, 1.54) is 30.4 Å². The zero-order valence-corrected chi connectivity index (χ0v) is 13.2. The Bertz CT molecular complexity index is 754. The molecule has 0 radical (unpaired) electrons. The third-order valence-corrected chi connectivity index (χ3v) is 5.11. The topological polar surface area (TPSA) is 21.3 Å². The Kier molecular flexibility index (Phi) is 3.59. The average Bonchev–Trinajstić information content (AvgIpc) is 2.58. The number of benzene rings is 2. The van der Waals surface area contributed by atoms with Crippen LogP contribution in [-0.2, 0) is 6.54 Å². The minimum Gasteiger partial charge on any atom is -0.487 e.